The number of hydrogen-bond acceptors (Lipinski definition) is 5. The summed E-state index contributed by atoms with van der Waals surface area (Å²) in [5.74, 6) is -0.694. The van der Waals surface area contributed by atoms with Crippen LogP contribution in [0.15, 0.2) is 41.8 Å². The van der Waals surface area contributed by atoms with Gasteiger partial charge in [-0.05, 0) is 31.2 Å². The van der Waals surface area contributed by atoms with E-state index in [1.54, 1.807) is 42.1 Å². The summed E-state index contributed by atoms with van der Waals surface area (Å²) >= 11 is 0. The van der Waals surface area contributed by atoms with Gasteiger partial charge in [-0.3, -0.25) is 9.69 Å². The highest BCUT2D eigenvalue weighted by molar-refractivity contribution is 5.98. The molecule has 1 aliphatic rings. The minimum absolute atomic E-state index is 0.207. The maximum Gasteiger partial charge on any atom is 0.414 e. The summed E-state index contributed by atoms with van der Waals surface area (Å²) in [7, 11) is 1.46. The Kier molecular flexibility index (Phi) is 5.62. The van der Waals surface area contributed by atoms with E-state index in [1.807, 2.05) is 0 Å². The number of hydrogen-bond donors (Lipinski definition) is 1. The second-order valence-corrected chi connectivity index (χ2v) is 6.36. The number of oxime groups is 1. The van der Waals surface area contributed by atoms with E-state index >= 15 is 0 Å². The summed E-state index contributed by atoms with van der Waals surface area (Å²) in [5.41, 5.74) is 2.20. The number of cyclic esters (lactones) is 1. The van der Waals surface area contributed by atoms with Crippen molar-refractivity contribution in [3.8, 4) is 5.69 Å². The predicted molar refractivity (Wildman–Crippen MR) is 101 cm³/mol. The Bertz CT molecular complexity index is 924. The van der Waals surface area contributed by atoms with Gasteiger partial charge in [0.05, 0.1) is 30.2 Å². The van der Waals surface area contributed by atoms with Crippen molar-refractivity contribution in [2.24, 2.45) is 5.16 Å². The molecular weight excluding hydrogens is 367 g/mol. The Morgan fingerprint density at radius 3 is 2.86 bits per heavy atom. The summed E-state index contributed by atoms with van der Waals surface area (Å²) in [6, 6.07) is 6.32. The summed E-state index contributed by atoms with van der Waals surface area (Å²) in [6.07, 6.45) is 2.41. The molecule has 0 unspecified atom stereocenters. The molecule has 2 amide bonds. The first kappa shape index (κ1) is 19.4. The van der Waals surface area contributed by atoms with Gasteiger partial charge >= 0.3 is 6.09 Å². The van der Waals surface area contributed by atoms with E-state index in [0.29, 0.717) is 17.1 Å². The first-order chi connectivity index (χ1) is 13.4. The van der Waals surface area contributed by atoms with Crippen LogP contribution in [0.1, 0.15) is 19.4 Å². The average molecular weight is 388 g/mol. The van der Waals surface area contributed by atoms with Gasteiger partial charge in [-0.15, -0.1) is 0 Å². The number of rotatable bonds is 6. The van der Waals surface area contributed by atoms with Crippen molar-refractivity contribution in [2.45, 2.75) is 20.0 Å². The molecule has 2 heterocycles. The van der Waals surface area contributed by atoms with E-state index in [2.05, 4.69) is 10.5 Å². The molecule has 0 bridgehead atoms. The number of aromatic nitrogens is 1. The fourth-order valence-electron chi connectivity index (χ4n) is 2.92. The van der Waals surface area contributed by atoms with Crippen LogP contribution >= 0.6 is 0 Å². The molecule has 0 saturated carbocycles. The van der Waals surface area contributed by atoms with Crippen molar-refractivity contribution in [3.05, 3.63) is 48.0 Å². The van der Waals surface area contributed by atoms with Crippen molar-refractivity contribution in [2.75, 3.05) is 25.1 Å². The lowest BCUT2D eigenvalue weighted by molar-refractivity contribution is -0.119. The van der Waals surface area contributed by atoms with E-state index in [4.69, 9.17) is 9.57 Å². The zero-order chi connectivity index (χ0) is 20.3. The third kappa shape index (κ3) is 4.13. The highest BCUT2D eigenvalue weighted by Gasteiger charge is 2.32. The van der Waals surface area contributed by atoms with Gasteiger partial charge in [0.2, 0.25) is 5.91 Å². The van der Waals surface area contributed by atoms with Gasteiger partial charge in [0.15, 0.2) is 0 Å². The Hall–Kier alpha value is -3.36. The van der Waals surface area contributed by atoms with Gasteiger partial charge in [-0.1, -0.05) is 5.16 Å². The Morgan fingerprint density at radius 2 is 2.18 bits per heavy atom. The van der Waals surface area contributed by atoms with Gasteiger partial charge in [0.1, 0.15) is 19.0 Å². The van der Waals surface area contributed by atoms with Gasteiger partial charge < -0.3 is 19.5 Å². The highest BCUT2D eigenvalue weighted by atomic mass is 19.1. The SMILES string of the molecule is CO/N=C(/C)c1ccn(-c2ccc(N3C[C@H](CNC(C)=O)OC3=O)cc2F)c1. The van der Waals surface area contributed by atoms with Crippen LogP contribution in [0.4, 0.5) is 14.9 Å². The topological polar surface area (TPSA) is 85.2 Å². The van der Waals surface area contributed by atoms with Crippen LogP contribution in [-0.4, -0.2) is 48.6 Å². The molecule has 1 aromatic carbocycles. The van der Waals surface area contributed by atoms with Crippen LogP contribution in [0.3, 0.4) is 0 Å². The van der Waals surface area contributed by atoms with E-state index in [1.165, 1.54) is 25.0 Å². The number of amides is 2. The molecule has 1 aliphatic heterocycles. The van der Waals surface area contributed by atoms with Crippen LogP contribution in [-0.2, 0) is 14.4 Å². The average Bonchev–Trinajstić information content (AvgIpc) is 3.27. The first-order valence-electron chi connectivity index (χ1n) is 8.67. The largest absolute Gasteiger partial charge is 0.442 e. The Morgan fingerprint density at radius 1 is 1.39 bits per heavy atom. The van der Waals surface area contributed by atoms with Crippen molar-refractivity contribution in [1.29, 1.82) is 0 Å². The number of carbonyl (C=O) groups excluding carboxylic acids is 2. The zero-order valence-electron chi connectivity index (χ0n) is 15.8. The molecule has 1 saturated heterocycles. The lowest BCUT2D eigenvalue weighted by Gasteiger charge is -2.14. The molecule has 1 fully saturated rings. The fraction of sp³-hybridized carbons (Fsp3) is 0.316. The lowest BCUT2D eigenvalue weighted by Crippen LogP contribution is -2.33. The number of benzene rings is 1. The van der Waals surface area contributed by atoms with Gasteiger partial charge in [-0.25, -0.2) is 9.18 Å². The monoisotopic (exact) mass is 388 g/mol. The van der Waals surface area contributed by atoms with Crippen LogP contribution < -0.4 is 10.2 Å². The van der Waals surface area contributed by atoms with Crippen molar-refractivity contribution < 1.29 is 23.6 Å². The Balaban J connectivity index is 1.77. The standard InChI is InChI=1S/C19H21FN4O4/c1-12(22-27-3)14-6-7-23(10-14)18-5-4-15(8-17(18)20)24-11-16(28-19(24)26)9-21-13(2)25/h4-8,10,16H,9,11H2,1-3H3,(H,21,25)/b22-12-/t16-/m0/s1. The van der Waals surface area contributed by atoms with E-state index in [9.17, 15) is 14.0 Å². The number of halogens is 1. The number of ether oxygens (including phenoxy) is 1. The molecule has 1 aromatic heterocycles. The minimum atomic E-state index is -0.572. The summed E-state index contributed by atoms with van der Waals surface area (Å²) < 4.78 is 21.5. The highest BCUT2D eigenvalue weighted by Crippen LogP contribution is 2.26. The molecule has 0 radical (unpaired) electrons. The van der Waals surface area contributed by atoms with Gasteiger partial charge in [-0.2, -0.15) is 0 Å². The number of anilines is 1. The van der Waals surface area contributed by atoms with E-state index in [0.717, 1.165) is 5.56 Å². The van der Waals surface area contributed by atoms with Gasteiger partial charge in [0, 0.05) is 24.9 Å². The number of nitrogens with zero attached hydrogens (tertiary/aromatic N) is 3. The molecule has 28 heavy (non-hydrogen) atoms. The van der Waals surface area contributed by atoms with Crippen LogP contribution in [0.5, 0.6) is 0 Å². The summed E-state index contributed by atoms with van der Waals surface area (Å²) in [5, 5.41) is 6.46. The van der Waals surface area contributed by atoms with Gasteiger partial charge in [0.25, 0.3) is 0 Å². The van der Waals surface area contributed by atoms with Crippen molar-refractivity contribution in [3.63, 3.8) is 0 Å². The summed E-state index contributed by atoms with van der Waals surface area (Å²) in [4.78, 5) is 29.2. The molecule has 8 nitrogen and oxygen atoms in total. The number of nitrogens with one attached hydrogen (secondary N) is 1. The second-order valence-electron chi connectivity index (χ2n) is 6.36. The normalized spacial score (nSPS) is 16.9. The predicted octanol–water partition coefficient (Wildman–Crippen LogP) is 2.45. The fourth-order valence-corrected chi connectivity index (χ4v) is 2.92. The molecule has 2 aromatic rings. The molecule has 0 spiro atoms. The molecule has 9 heteroatoms. The quantitative estimate of drug-likeness (QED) is 0.608. The minimum Gasteiger partial charge on any atom is -0.442 e. The zero-order valence-corrected chi connectivity index (χ0v) is 15.8. The molecule has 1 atom stereocenters. The van der Waals surface area contributed by atoms with Crippen molar-refractivity contribution in [1.82, 2.24) is 9.88 Å². The van der Waals surface area contributed by atoms with Crippen LogP contribution in [0.25, 0.3) is 5.69 Å². The smallest absolute Gasteiger partial charge is 0.414 e. The lowest BCUT2D eigenvalue weighted by atomic mass is 10.2. The third-order valence-corrected chi connectivity index (χ3v) is 4.31. The van der Waals surface area contributed by atoms with Crippen LogP contribution in [0.2, 0.25) is 0 Å². The second kappa shape index (κ2) is 8.12. The van der Waals surface area contributed by atoms with E-state index < -0.39 is 18.0 Å². The molecule has 0 aliphatic carbocycles. The first-order valence-corrected chi connectivity index (χ1v) is 8.67. The summed E-state index contributed by atoms with van der Waals surface area (Å²) in [6.45, 7) is 3.63. The third-order valence-electron chi connectivity index (χ3n) is 4.31. The Labute approximate surface area is 161 Å². The maximum absolute atomic E-state index is 14.7. The molecule has 148 valence electrons. The maximum atomic E-state index is 14.7. The molecule has 3 rings (SSSR count). The molecular formula is C19H21FN4O4. The van der Waals surface area contributed by atoms with E-state index in [-0.39, 0.29) is 19.0 Å². The number of carbonyl (C=O) groups is 2. The van der Waals surface area contributed by atoms with Crippen LogP contribution in [0, 0.1) is 5.82 Å². The molecule has 1 N–H and O–H groups in total. The van der Waals surface area contributed by atoms with Crippen molar-refractivity contribution >= 4 is 23.4 Å².